The lowest BCUT2D eigenvalue weighted by Gasteiger charge is -2.13. The van der Waals surface area contributed by atoms with Gasteiger partial charge in [-0.15, -0.1) is 0 Å². The van der Waals surface area contributed by atoms with Crippen molar-refractivity contribution in [1.29, 1.82) is 0 Å². The zero-order chi connectivity index (χ0) is 8.20. The highest BCUT2D eigenvalue weighted by Crippen LogP contribution is 2.11. The van der Waals surface area contributed by atoms with Crippen LogP contribution in [0.25, 0.3) is 0 Å². The SMILES string of the molecule is CCC(F)(F)NCC(=O)O. The number of hydrogen-bond donors (Lipinski definition) is 2. The number of nitrogens with one attached hydrogen (secondary N) is 1. The molecule has 0 aromatic heterocycles. The van der Waals surface area contributed by atoms with Crippen LogP contribution in [0.2, 0.25) is 0 Å². The Morgan fingerprint density at radius 1 is 1.70 bits per heavy atom. The maximum atomic E-state index is 12.1. The van der Waals surface area contributed by atoms with Crippen LogP contribution >= 0.6 is 0 Å². The maximum absolute atomic E-state index is 12.1. The van der Waals surface area contributed by atoms with Crippen LogP contribution in [0.15, 0.2) is 0 Å². The lowest BCUT2D eigenvalue weighted by Crippen LogP contribution is -2.39. The Bertz CT molecular complexity index is 127. The molecule has 0 aromatic carbocycles. The van der Waals surface area contributed by atoms with Crippen molar-refractivity contribution < 1.29 is 18.7 Å². The van der Waals surface area contributed by atoms with Crippen LogP contribution in [0.5, 0.6) is 0 Å². The summed E-state index contributed by atoms with van der Waals surface area (Å²) in [5.41, 5.74) is 0. The normalized spacial score (nSPS) is 11.5. The number of carboxylic acids is 1. The Morgan fingerprint density at radius 2 is 2.20 bits per heavy atom. The zero-order valence-corrected chi connectivity index (χ0v) is 5.53. The quantitative estimate of drug-likeness (QED) is 0.583. The van der Waals surface area contributed by atoms with Gasteiger partial charge in [0.25, 0.3) is 0 Å². The second kappa shape index (κ2) is 3.46. The molecular formula is C5H9F2NO2. The highest BCUT2D eigenvalue weighted by molar-refractivity contribution is 5.69. The fraction of sp³-hybridized carbons (Fsp3) is 0.800. The number of rotatable bonds is 4. The van der Waals surface area contributed by atoms with E-state index in [1.54, 1.807) is 5.32 Å². The molecular weight excluding hydrogens is 144 g/mol. The summed E-state index contributed by atoms with van der Waals surface area (Å²) in [7, 11) is 0. The Labute approximate surface area is 57.0 Å². The van der Waals surface area contributed by atoms with Crippen LogP contribution in [0, 0.1) is 0 Å². The van der Waals surface area contributed by atoms with Crippen LogP contribution in [0.1, 0.15) is 13.3 Å². The van der Waals surface area contributed by atoms with Gasteiger partial charge >= 0.3 is 12.0 Å². The predicted octanol–water partition coefficient (Wildman–Crippen LogP) is 0.663. The highest BCUT2D eigenvalue weighted by atomic mass is 19.3. The standard InChI is InChI=1S/C5H9F2NO2/c1-2-5(6,7)8-3-4(9)10/h8H,2-3H2,1H3,(H,9,10). The molecule has 0 spiro atoms. The minimum atomic E-state index is -3.06. The molecule has 0 heterocycles. The third-order valence-electron chi connectivity index (χ3n) is 0.942. The topological polar surface area (TPSA) is 49.3 Å². The van der Waals surface area contributed by atoms with Gasteiger partial charge in [-0.1, -0.05) is 6.92 Å². The Kier molecular flexibility index (Phi) is 3.21. The molecule has 10 heavy (non-hydrogen) atoms. The minimum Gasteiger partial charge on any atom is -0.480 e. The van der Waals surface area contributed by atoms with E-state index in [0.717, 1.165) is 0 Å². The highest BCUT2D eigenvalue weighted by Gasteiger charge is 2.25. The van der Waals surface area contributed by atoms with Gasteiger partial charge in [-0.25, -0.2) is 5.32 Å². The van der Waals surface area contributed by atoms with Crippen molar-refractivity contribution in [3.63, 3.8) is 0 Å². The zero-order valence-electron chi connectivity index (χ0n) is 5.53. The minimum absolute atomic E-state index is 0.402. The molecule has 0 aliphatic rings. The van der Waals surface area contributed by atoms with Gasteiger partial charge in [0.05, 0.1) is 6.54 Å². The molecule has 3 nitrogen and oxygen atoms in total. The van der Waals surface area contributed by atoms with Crippen LogP contribution in [-0.4, -0.2) is 23.7 Å². The van der Waals surface area contributed by atoms with E-state index in [9.17, 15) is 13.6 Å². The van der Waals surface area contributed by atoms with E-state index in [4.69, 9.17) is 5.11 Å². The van der Waals surface area contributed by atoms with E-state index >= 15 is 0 Å². The number of aliphatic carboxylic acids is 1. The average Bonchev–Trinajstić information content (AvgIpc) is 1.85. The van der Waals surface area contributed by atoms with E-state index < -0.39 is 25.0 Å². The number of carbonyl (C=O) groups is 1. The molecule has 0 radical (unpaired) electrons. The van der Waals surface area contributed by atoms with Gasteiger partial charge < -0.3 is 5.11 Å². The van der Waals surface area contributed by atoms with Crippen LogP contribution in [-0.2, 0) is 4.79 Å². The fourth-order valence-electron chi connectivity index (χ4n) is 0.330. The van der Waals surface area contributed by atoms with Crippen molar-refractivity contribution in [3.8, 4) is 0 Å². The van der Waals surface area contributed by atoms with E-state index in [1.807, 2.05) is 0 Å². The maximum Gasteiger partial charge on any atom is 0.317 e. The predicted molar refractivity (Wildman–Crippen MR) is 30.9 cm³/mol. The number of alkyl halides is 2. The summed E-state index contributed by atoms with van der Waals surface area (Å²) in [6.45, 7) is 0.565. The molecule has 0 fully saturated rings. The first-order valence-corrected chi connectivity index (χ1v) is 2.82. The second-order valence-electron chi connectivity index (χ2n) is 1.81. The van der Waals surface area contributed by atoms with Gasteiger partial charge in [0.2, 0.25) is 0 Å². The molecule has 5 heteroatoms. The summed E-state index contributed by atoms with van der Waals surface area (Å²) in [4.78, 5) is 9.77. The summed E-state index contributed by atoms with van der Waals surface area (Å²) < 4.78 is 24.3. The van der Waals surface area contributed by atoms with E-state index in [-0.39, 0.29) is 0 Å². The third kappa shape index (κ3) is 4.20. The molecule has 2 N–H and O–H groups in total. The van der Waals surface area contributed by atoms with Gasteiger partial charge in [-0.3, -0.25) is 4.79 Å². The van der Waals surface area contributed by atoms with E-state index in [1.165, 1.54) is 6.92 Å². The van der Waals surface area contributed by atoms with Gasteiger partial charge in [-0.2, -0.15) is 8.78 Å². The van der Waals surface area contributed by atoms with Crippen LogP contribution < -0.4 is 5.32 Å². The van der Waals surface area contributed by atoms with Crippen LogP contribution in [0.4, 0.5) is 8.78 Å². The second-order valence-corrected chi connectivity index (χ2v) is 1.81. The Hall–Kier alpha value is -0.710. The van der Waals surface area contributed by atoms with Crippen LogP contribution in [0.3, 0.4) is 0 Å². The summed E-state index contributed by atoms with van der Waals surface area (Å²) in [5.74, 6) is -1.28. The molecule has 0 bridgehead atoms. The molecule has 0 amide bonds. The molecule has 0 aliphatic heterocycles. The Balaban J connectivity index is 3.56. The van der Waals surface area contributed by atoms with E-state index in [0.29, 0.717) is 0 Å². The van der Waals surface area contributed by atoms with Gasteiger partial charge in [0.15, 0.2) is 0 Å². The molecule has 0 saturated carbocycles. The van der Waals surface area contributed by atoms with Crippen molar-refractivity contribution in [2.24, 2.45) is 0 Å². The molecule has 60 valence electrons. The molecule has 0 atom stereocenters. The molecule has 0 aromatic rings. The lowest BCUT2D eigenvalue weighted by molar-refractivity contribution is -0.139. The summed E-state index contributed by atoms with van der Waals surface area (Å²) in [6, 6.07) is -3.06. The largest absolute Gasteiger partial charge is 0.480 e. The first-order valence-electron chi connectivity index (χ1n) is 2.82. The van der Waals surface area contributed by atoms with Crippen molar-refractivity contribution in [2.45, 2.75) is 19.4 Å². The lowest BCUT2D eigenvalue weighted by atomic mass is 10.4. The smallest absolute Gasteiger partial charge is 0.317 e. The van der Waals surface area contributed by atoms with Crippen molar-refractivity contribution >= 4 is 5.97 Å². The third-order valence-corrected chi connectivity index (χ3v) is 0.942. The van der Waals surface area contributed by atoms with Crippen molar-refractivity contribution in [1.82, 2.24) is 5.32 Å². The van der Waals surface area contributed by atoms with Gasteiger partial charge in [0, 0.05) is 6.42 Å². The monoisotopic (exact) mass is 153 g/mol. The number of carboxylic acid groups (broad SMARTS) is 1. The van der Waals surface area contributed by atoms with Crippen molar-refractivity contribution in [3.05, 3.63) is 0 Å². The van der Waals surface area contributed by atoms with Crippen molar-refractivity contribution in [2.75, 3.05) is 6.54 Å². The van der Waals surface area contributed by atoms with Gasteiger partial charge in [0.1, 0.15) is 0 Å². The van der Waals surface area contributed by atoms with Gasteiger partial charge in [-0.05, 0) is 0 Å². The molecule has 0 aliphatic carbocycles. The summed E-state index contributed by atoms with van der Waals surface area (Å²) in [5, 5.41) is 9.55. The molecule has 0 unspecified atom stereocenters. The molecule has 0 saturated heterocycles. The summed E-state index contributed by atoms with van der Waals surface area (Å²) in [6.07, 6.45) is -0.402. The summed E-state index contributed by atoms with van der Waals surface area (Å²) >= 11 is 0. The first-order chi connectivity index (χ1) is 4.48. The number of hydrogen-bond acceptors (Lipinski definition) is 2. The first kappa shape index (κ1) is 9.29. The Morgan fingerprint density at radius 3 is 2.50 bits per heavy atom. The average molecular weight is 153 g/mol. The fourth-order valence-corrected chi connectivity index (χ4v) is 0.330. The van der Waals surface area contributed by atoms with E-state index in [2.05, 4.69) is 0 Å². The number of halogens is 2. The molecule has 0 rings (SSSR count).